The SMILES string of the molecule is O=C(/C=C/c1ccccc1)NCCS. The Kier molecular flexibility index (Phi) is 4.86. The highest BCUT2D eigenvalue weighted by Crippen LogP contribution is 2.00. The second-order valence-corrected chi connectivity index (χ2v) is 3.21. The number of hydrogen-bond donors (Lipinski definition) is 2. The van der Waals surface area contributed by atoms with Crippen LogP contribution >= 0.6 is 12.6 Å². The van der Waals surface area contributed by atoms with E-state index in [1.54, 1.807) is 6.08 Å². The van der Waals surface area contributed by atoms with Gasteiger partial charge in [0, 0.05) is 18.4 Å². The first-order chi connectivity index (χ1) is 6.83. The monoisotopic (exact) mass is 207 g/mol. The molecule has 0 spiro atoms. The average molecular weight is 207 g/mol. The molecule has 74 valence electrons. The maximum atomic E-state index is 11.1. The molecule has 0 aliphatic carbocycles. The van der Waals surface area contributed by atoms with E-state index in [2.05, 4.69) is 17.9 Å². The largest absolute Gasteiger partial charge is 0.352 e. The fourth-order valence-corrected chi connectivity index (χ4v) is 1.09. The molecule has 0 saturated carbocycles. The van der Waals surface area contributed by atoms with Crippen LogP contribution in [0.2, 0.25) is 0 Å². The molecule has 0 aliphatic heterocycles. The molecule has 0 atom stereocenters. The molecule has 1 aromatic carbocycles. The second kappa shape index (κ2) is 6.27. The van der Waals surface area contributed by atoms with E-state index in [0.717, 1.165) is 5.56 Å². The molecule has 3 heteroatoms. The smallest absolute Gasteiger partial charge is 0.244 e. The quantitative estimate of drug-likeness (QED) is 0.571. The molecule has 0 bridgehead atoms. The van der Waals surface area contributed by atoms with E-state index in [1.165, 1.54) is 6.08 Å². The van der Waals surface area contributed by atoms with Crippen molar-refractivity contribution >= 4 is 24.6 Å². The molecule has 14 heavy (non-hydrogen) atoms. The fraction of sp³-hybridized carbons (Fsp3) is 0.182. The summed E-state index contributed by atoms with van der Waals surface area (Å²) in [6.07, 6.45) is 3.31. The molecule has 1 rings (SSSR count). The number of amides is 1. The van der Waals surface area contributed by atoms with Crippen molar-refractivity contribution in [3.8, 4) is 0 Å². The maximum absolute atomic E-state index is 11.1. The van der Waals surface area contributed by atoms with Gasteiger partial charge in [0.25, 0.3) is 0 Å². The summed E-state index contributed by atoms with van der Waals surface area (Å²) in [5.41, 5.74) is 1.02. The van der Waals surface area contributed by atoms with Crippen LogP contribution in [0.1, 0.15) is 5.56 Å². The first kappa shape index (κ1) is 10.9. The van der Waals surface area contributed by atoms with Crippen LogP contribution in [0.3, 0.4) is 0 Å². The summed E-state index contributed by atoms with van der Waals surface area (Å²) in [6, 6.07) is 9.71. The number of nitrogens with one attached hydrogen (secondary N) is 1. The minimum atomic E-state index is -0.0806. The third-order valence-corrected chi connectivity index (χ3v) is 1.86. The van der Waals surface area contributed by atoms with Crippen LogP contribution in [0.25, 0.3) is 6.08 Å². The lowest BCUT2D eigenvalue weighted by molar-refractivity contribution is -0.116. The summed E-state index contributed by atoms with van der Waals surface area (Å²) >= 11 is 3.99. The maximum Gasteiger partial charge on any atom is 0.244 e. The zero-order valence-corrected chi connectivity index (χ0v) is 8.71. The van der Waals surface area contributed by atoms with Gasteiger partial charge in [-0.3, -0.25) is 4.79 Å². The number of rotatable bonds is 4. The van der Waals surface area contributed by atoms with Crippen molar-refractivity contribution in [2.24, 2.45) is 0 Å². The van der Waals surface area contributed by atoms with E-state index in [-0.39, 0.29) is 5.91 Å². The lowest BCUT2D eigenvalue weighted by Gasteiger charge is -1.96. The van der Waals surface area contributed by atoms with Crippen LogP contribution in [0, 0.1) is 0 Å². The van der Waals surface area contributed by atoms with Crippen LogP contribution in [0.15, 0.2) is 36.4 Å². The predicted molar refractivity (Wildman–Crippen MR) is 62.3 cm³/mol. The minimum absolute atomic E-state index is 0.0806. The Labute approximate surface area is 89.4 Å². The second-order valence-electron chi connectivity index (χ2n) is 2.76. The van der Waals surface area contributed by atoms with E-state index in [0.29, 0.717) is 12.3 Å². The number of carbonyl (C=O) groups excluding carboxylic acids is 1. The van der Waals surface area contributed by atoms with Crippen LogP contribution < -0.4 is 5.32 Å². The Morgan fingerprint density at radius 1 is 1.36 bits per heavy atom. The molecule has 1 N–H and O–H groups in total. The highest BCUT2D eigenvalue weighted by atomic mass is 32.1. The van der Waals surface area contributed by atoms with Crippen LogP contribution in [-0.4, -0.2) is 18.2 Å². The van der Waals surface area contributed by atoms with E-state index < -0.39 is 0 Å². The van der Waals surface area contributed by atoms with Gasteiger partial charge in [-0.25, -0.2) is 0 Å². The van der Waals surface area contributed by atoms with E-state index in [1.807, 2.05) is 30.3 Å². The van der Waals surface area contributed by atoms with Crippen LogP contribution in [-0.2, 0) is 4.79 Å². The van der Waals surface area contributed by atoms with Gasteiger partial charge in [-0.2, -0.15) is 12.6 Å². The van der Waals surface area contributed by atoms with Gasteiger partial charge in [0.1, 0.15) is 0 Å². The van der Waals surface area contributed by atoms with Crippen LogP contribution in [0.5, 0.6) is 0 Å². The molecule has 0 aromatic heterocycles. The Balaban J connectivity index is 2.44. The van der Waals surface area contributed by atoms with E-state index >= 15 is 0 Å². The zero-order valence-electron chi connectivity index (χ0n) is 7.81. The van der Waals surface area contributed by atoms with Gasteiger partial charge in [0.05, 0.1) is 0 Å². The Bertz CT molecular complexity index is 308. The number of hydrogen-bond acceptors (Lipinski definition) is 2. The molecule has 0 saturated heterocycles. The summed E-state index contributed by atoms with van der Waals surface area (Å²) in [4.78, 5) is 11.1. The fourth-order valence-electron chi connectivity index (χ4n) is 0.974. The summed E-state index contributed by atoms with van der Waals surface area (Å²) in [5, 5.41) is 2.70. The lowest BCUT2D eigenvalue weighted by atomic mass is 10.2. The molecule has 1 aromatic rings. The van der Waals surface area contributed by atoms with Gasteiger partial charge in [-0.1, -0.05) is 30.3 Å². The summed E-state index contributed by atoms with van der Waals surface area (Å²) in [5.74, 6) is 0.577. The summed E-state index contributed by atoms with van der Waals surface area (Å²) < 4.78 is 0. The van der Waals surface area contributed by atoms with Gasteiger partial charge >= 0.3 is 0 Å². The molecule has 0 unspecified atom stereocenters. The van der Waals surface area contributed by atoms with Gasteiger partial charge in [0.15, 0.2) is 0 Å². The molecular weight excluding hydrogens is 194 g/mol. The van der Waals surface area contributed by atoms with Crippen LogP contribution in [0.4, 0.5) is 0 Å². The molecule has 1 amide bonds. The lowest BCUT2D eigenvalue weighted by Crippen LogP contribution is -2.22. The summed E-state index contributed by atoms with van der Waals surface area (Å²) in [7, 11) is 0. The van der Waals surface area contributed by atoms with Crippen molar-refractivity contribution < 1.29 is 4.79 Å². The Morgan fingerprint density at radius 2 is 2.07 bits per heavy atom. The Morgan fingerprint density at radius 3 is 2.71 bits per heavy atom. The number of benzene rings is 1. The third-order valence-electron chi connectivity index (χ3n) is 1.64. The van der Waals surface area contributed by atoms with Crippen molar-refractivity contribution in [2.75, 3.05) is 12.3 Å². The zero-order chi connectivity index (χ0) is 10.2. The summed E-state index contributed by atoms with van der Waals surface area (Å²) in [6.45, 7) is 0.598. The standard InChI is InChI=1S/C11H13NOS/c13-11(12-8-9-14)7-6-10-4-2-1-3-5-10/h1-7,14H,8-9H2,(H,12,13)/b7-6+. The molecular formula is C11H13NOS. The first-order valence-corrected chi connectivity index (χ1v) is 5.08. The van der Waals surface area contributed by atoms with Gasteiger partial charge in [-0.15, -0.1) is 0 Å². The van der Waals surface area contributed by atoms with Crippen molar-refractivity contribution in [1.82, 2.24) is 5.32 Å². The molecule has 0 heterocycles. The molecule has 0 aliphatic rings. The van der Waals surface area contributed by atoms with Gasteiger partial charge in [-0.05, 0) is 11.6 Å². The molecule has 2 nitrogen and oxygen atoms in total. The average Bonchev–Trinajstić information content (AvgIpc) is 2.25. The third kappa shape index (κ3) is 4.14. The predicted octanol–water partition coefficient (Wildman–Crippen LogP) is 1.75. The topological polar surface area (TPSA) is 29.1 Å². The van der Waals surface area contributed by atoms with Crippen molar-refractivity contribution in [2.45, 2.75) is 0 Å². The molecule has 0 fully saturated rings. The van der Waals surface area contributed by atoms with Gasteiger partial charge < -0.3 is 5.32 Å². The van der Waals surface area contributed by atoms with Crippen molar-refractivity contribution in [3.05, 3.63) is 42.0 Å². The minimum Gasteiger partial charge on any atom is -0.352 e. The highest BCUT2D eigenvalue weighted by molar-refractivity contribution is 7.80. The van der Waals surface area contributed by atoms with E-state index in [9.17, 15) is 4.79 Å². The van der Waals surface area contributed by atoms with Crippen molar-refractivity contribution in [1.29, 1.82) is 0 Å². The van der Waals surface area contributed by atoms with Crippen molar-refractivity contribution in [3.63, 3.8) is 0 Å². The molecule has 0 radical (unpaired) electrons. The number of carbonyl (C=O) groups is 1. The Hall–Kier alpha value is -1.22. The number of thiol groups is 1. The highest BCUT2D eigenvalue weighted by Gasteiger charge is 1.91. The van der Waals surface area contributed by atoms with E-state index in [4.69, 9.17) is 0 Å². The normalized spacial score (nSPS) is 10.4. The van der Waals surface area contributed by atoms with Gasteiger partial charge in [0.2, 0.25) is 5.91 Å². The first-order valence-electron chi connectivity index (χ1n) is 4.45.